The maximum absolute atomic E-state index is 10.3. The molecule has 204 valence electrons. The van der Waals surface area contributed by atoms with Crippen LogP contribution in [0.25, 0.3) is 0 Å². The van der Waals surface area contributed by atoms with Crippen LogP contribution in [0.3, 0.4) is 0 Å². The SMILES string of the molecule is C[N+](C)(C)CCO.O=C(O)c1ccccc1O.O=C(O)c1ccccc1O.O=C(O)c1ccccc1O.[H-].[H-].[Mg+2]. The maximum atomic E-state index is 10.3. The van der Waals surface area contributed by atoms with Crippen LogP contribution in [0.5, 0.6) is 17.2 Å². The maximum Gasteiger partial charge on any atom is 2.00 e. The van der Waals surface area contributed by atoms with Gasteiger partial charge < -0.3 is 43.1 Å². The van der Waals surface area contributed by atoms with E-state index in [1.165, 1.54) is 36.4 Å². The fourth-order valence-corrected chi connectivity index (χ4v) is 2.26. The van der Waals surface area contributed by atoms with E-state index in [1.807, 2.05) is 0 Å². The number of rotatable bonds is 5. The van der Waals surface area contributed by atoms with Crippen molar-refractivity contribution in [3.8, 4) is 17.2 Å². The number of carboxylic acid groups (broad SMARTS) is 3. The molecule has 0 bridgehead atoms. The number of nitrogens with zero attached hydrogens (tertiary/aromatic N) is 1. The third kappa shape index (κ3) is 15.3. The summed E-state index contributed by atoms with van der Waals surface area (Å²) in [4.78, 5) is 30.8. The molecular weight excluding hydrogens is 511 g/mol. The third-order valence-electron chi connectivity index (χ3n) is 4.17. The van der Waals surface area contributed by atoms with Crippen LogP contribution in [0, 0.1) is 0 Å². The largest absolute Gasteiger partial charge is 2.00 e. The summed E-state index contributed by atoms with van der Waals surface area (Å²) in [5.74, 6) is -3.94. The van der Waals surface area contributed by atoms with Crippen molar-refractivity contribution in [2.75, 3.05) is 34.3 Å². The van der Waals surface area contributed by atoms with E-state index < -0.39 is 17.9 Å². The summed E-state index contributed by atoms with van der Waals surface area (Å²) in [6.45, 7) is 1.11. The predicted molar refractivity (Wildman–Crippen MR) is 143 cm³/mol. The van der Waals surface area contributed by atoms with Gasteiger partial charge in [-0.05, 0) is 36.4 Å². The molecule has 0 amide bonds. The monoisotopic (exact) mass is 544 g/mol. The molecule has 3 rings (SSSR count). The van der Waals surface area contributed by atoms with Crippen molar-refractivity contribution in [3.63, 3.8) is 0 Å². The summed E-state index contributed by atoms with van der Waals surface area (Å²) in [5, 5.41) is 60.3. The Hall–Kier alpha value is -3.84. The number of aliphatic hydroxyl groups excluding tert-OH is 1. The zero-order valence-electron chi connectivity index (χ0n) is 23.4. The second-order valence-corrected chi connectivity index (χ2v) is 8.20. The summed E-state index contributed by atoms with van der Waals surface area (Å²) in [6.07, 6.45) is 0. The van der Waals surface area contributed by atoms with Crippen molar-refractivity contribution in [3.05, 3.63) is 89.5 Å². The number of carboxylic acids is 3. The number of aromatic carboxylic acids is 3. The van der Waals surface area contributed by atoms with Crippen LogP contribution in [0.2, 0.25) is 0 Å². The number of para-hydroxylation sites is 3. The van der Waals surface area contributed by atoms with E-state index in [2.05, 4.69) is 21.1 Å². The van der Waals surface area contributed by atoms with E-state index in [0.717, 1.165) is 11.0 Å². The van der Waals surface area contributed by atoms with Crippen LogP contribution in [0.1, 0.15) is 33.9 Å². The summed E-state index contributed by atoms with van der Waals surface area (Å²) in [6, 6.07) is 17.4. The number of carbonyl (C=O) groups is 3. The Labute approximate surface area is 239 Å². The number of aromatic hydroxyl groups is 3. The first-order valence-corrected chi connectivity index (χ1v) is 10.7. The molecule has 0 saturated heterocycles. The minimum atomic E-state index is -1.11. The van der Waals surface area contributed by atoms with Crippen LogP contribution in [0.15, 0.2) is 72.8 Å². The molecule has 7 N–H and O–H groups in total. The van der Waals surface area contributed by atoms with Crippen LogP contribution in [0.4, 0.5) is 0 Å². The molecule has 0 radical (unpaired) electrons. The molecular formula is C26H34MgNO10+. The van der Waals surface area contributed by atoms with Crippen molar-refractivity contribution in [2.24, 2.45) is 0 Å². The first kappa shape index (κ1) is 36.3. The molecule has 0 spiro atoms. The van der Waals surface area contributed by atoms with Gasteiger partial charge in [0.25, 0.3) is 0 Å². The van der Waals surface area contributed by atoms with Gasteiger partial charge in [0.15, 0.2) is 0 Å². The van der Waals surface area contributed by atoms with Crippen LogP contribution >= 0.6 is 0 Å². The molecule has 38 heavy (non-hydrogen) atoms. The van der Waals surface area contributed by atoms with Crippen LogP contribution in [-0.2, 0) is 0 Å². The number of hydrogen-bond donors (Lipinski definition) is 7. The fourth-order valence-electron chi connectivity index (χ4n) is 2.26. The van der Waals surface area contributed by atoms with Crippen molar-refractivity contribution in [2.45, 2.75) is 0 Å². The zero-order valence-corrected chi connectivity index (χ0v) is 22.8. The zero-order chi connectivity index (χ0) is 28.6. The number of benzene rings is 3. The minimum absolute atomic E-state index is 0. The molecule has 0 aromatic heterocycles. The predicted octanol–water partition coefficient (Wildman–Crippen LogP) is 2.80. The van der Waals surface area contributed by atoms with Crippen molar-refractivity contribution in [1.29, 1.82) is 0 Å². The molecule has 0 atom stereocenters. The summed E-state index contributed by atoms with van der Waals surface area (Å²) >= 11 is 0. The Morgan fingerprint density at radius 3 is 0.947 bits per heavy atom. The Morgan fingerprint density at radius 1 is 0.605 bits per heavy atom. The Balaban J connectivity index is -0.000000213. The Bertz CT molecular complexity index is 1040. The van der Waals surface area contributed by atoms with Gasteiger partial charge in [0.1, 0.15) is 40.5 Å². The van der Waals surface area contributed by atoms with Crippen molar-refractivity contribution < 1.29 is 57.5 Å². The number of aliphatic hydroxyl groups is 1. The topological polar surface area (TPSA) is 193 Å². The first-order chi connectivity index (χ1) is 17.2. The first-order valence-electron chi connectivity index (χ1n) is 10.7. The standard InChI is InChI=1S/3C7H6O3.C5H14NO.Mg.2H/c3*8-6-4-2-1-3-5(6)7(9)10;1-6(2,3)4-5-7;;;/h3*1-4,8H,(H,9,10);7H,4-5H2,1-3H3;;;/q;;;+1;+2;2*-1. The summed E-state index contributed by atoms with van der Waals surface area (Å²) < 4.78 is 0.844. The molecule has 0 aliphatic heterocycles. The van der Waals surface area contributed by atoms with E-state index in [4.69, 9.17) is 35.7 Å². The van der Waals surface area contributed by atoms with Gasteiger partial charge in [0, 0.05) is 0 Å². The summed E-state index contributed by atoms with van der Waals surface area (Å²) in [5.41, 5.74) is -0.201. The smallest absolute Gasteiger partial charge is 1.00 e. The molecule has 0 saturated carbocycles. The van der Waals surface area contributed by atoms with Gasteiger partial charge in [-0.15, -0.1) is 0 Å². The van der Waals surface area contributed by atoms with Gasteiger partial charge in [-0.2, -0.15) is 0 Å². The van der Waals surface area contributed by atoms with Crippen LogP contribution < -0.4 is 0 Å². The molecule has 3 aromatic rings. The third-order valence-corrected chi connectivity index (χ3v) is 4.17. The number of phenols is 3. The molecule has 0 heterocycles. The van der Waals surface area contributed by atoms with Crippen molar-refractivity contribution in [1.82, 2.24) is 0 Å². The molecule has 0 unspecified atom stereocenters. The van der Waals surface area contributed by atoms with Gasteiger partial charge in [0.2, 0.25) is 0 Å². The Morgan fingerprint density at radius 2 is 0.842 bits per heavy atom. The van der Waals surface area contributed by atoms with Gasteiger partial charge in [0.05, 0.1) is 27.7 Å². The Kier molecular flexibility index (Phi) is 17.6. The van der Waals surface area contributed by atoms with Gasteiger partial charge >= 0.3 is 41.0 Å². The van der Waals surface area contributed by atoms with E-state index in [1.54, 1.807) is 36.4 Å². The van der Waals surface area contributed by atoms with Gasteiger partial charge in [-0.1, -0.05) is 36.4 Å². The van der Waals surface area contributed by atoms with E-state index in [9.17, 15) is 14.4 Å². The molecule has 0 fully saturated rings. The minimum Gasteiger partial charge on any atom is -1.00 e. The number of quaternary nitrogens is 1. The van der Waals surface area contributed by atoms with Crippen molar-refractivity contribution >= 4 is 41.0 Å². The van der Waals surface area contributed by atoms with Gasteiger partial charge in [-0.3, -0.25) is 0 Å². The normalized spacial score (nSPS) is 9.47. The average Bonchev–Trinajstić information content (AvgIpc) is 2.80. The fraction of sp³-hybridized carbons (Fsp3) is 0.192. The van der Waals surface area contributed by atoms with E-state index in [-0.39, 0.29) is 66.5 Å². The summed E-state index contributed by atoms with van der Waals surface area (Å²) in [7, 11) is 6.16. The quantitative estimate of drug-likeness (QED) is 0.185. The molecule has 0 aliphatic rings. The van der Waals surface area contributed by atoms with E-state index >= 15 is 0 Å². The second kappa shape index (κ2) is 18.4. The molecule has 12 heteroatoms. The number of hydrogen-bond acceptors (Lipinski definition) is 7. The van der Waals surface area contributed by atoms with E-state index in [0.29, 0.717) is 0 Å². The molecule has 3 aromatic carbocycles. The van der Waals surface area contributed by atoms with Gasteiger partial charge in [-0.25, -0.2) is 14.4 Å². The molecule has 0 aliphatic carbocycles. The molecule has 11 nitrogen and oxygen atoms in total. The average molecular weight is 545 g/mol. The van der Waals surface area contributed by atoms with Crippen LogP contribution in [-0.4, -0.2) is 115 Å². The second-order valence-electron chi connectivity index (χ2n) is 8.20. The number of likely N-dealkylation sites (N-methyl/N-ethyl adjacent to an activating group) is 1.